The number of benzene rings is 3. The maximum absolute atomic E-state index is 4.86. The summed E-state index contributed by atoms with van der Waals surface area (Å²) in [5.41, 5.74) is 6.02. The van der Waals surface area contributed by atoms with Crippen LogP contribution in [0.25, 0.3) is 44.6 Å². The third-order valence-corrected chi connectivity index (χ3v) is 4.97. The minimum Gasteiger partial charge on any atom is -0.338 e. The summed E-state index contributed by atoms with van der Waals surface area (Å²) in [5.74, 6) is 0.862. The molecule has 3 nitrogen and oxygen atoms in total. The van der Waals surface area contributed by atoms with E-state index in [1.807, 2.05) is 54.6 Å². The molecule has 2 heterocycles. The van der Waals surface area contributed by atoms with Crippen molar-refractivity contribution < 1.29 is 0 Å². The number of imidazole rings is 1. The van der Waals surface area contributed by atoms with Crippen molar-refractivity contribution in [3.63, 3.8) is 0 Å². The maximum atomic E-state index is 4.86. The van der Waals surface area contributed by atoms with Gasteiger partial charge in [-0.1, -0.05) is 58.4 Å². The molecule has 0 amide bonds. The van der Waals surface area contributed by atoms with Gasteiger partial charge in [-0.2, -0.15) is 0 Å². The van der Waals surface area contributed by atoms with Gasteiger partial charge in [0.15, 0.2) is 0 Å². The van der Waals surface area contributed by atoms with Crippen molar-refractivity contribution in [1.82, 2.24) is 15.0 Å². The second kappa shape index (κ2) is 6.07. The number of halogens is 1. The van der Waals surface area contributed by atoms with E-state index >= 15 is 0 Å². The fraction of sp³-hybridized carbons (Fsp3) is 0. The molecule has 0 saturated heterocycles. The monoisotopic (exact) mass is 399 g/mol. The van der Waals surface area contributed by atoms with Crippen LogP contribution in [0.5, 0.6) is 0 Å². The molecule has 0 fully saturated rings. The van der Waals surface area contributed by atoms with Crippen molar-refractivity contribution in [3.05, 3.63) is 83.3 Å². The summed E-state index contributed by atoms with van der Waals surface area (Å²) in [4.78, 5) is 13.1. The third kappa shape index (κ3) is 2.59. The molecule has 0 bridgehead atoms. The molecule has 4 heteroatoms. The molecule has 0 aliphatic rings. The van der Waals surface area contributed by atoms with Gasteiger partial charge in [0, 0.05) is 21.0 Å². The van der Waals surface area contributed by atoms with Gasteiger partial charge in [0.1, 0.15) is 5.82 Å². The summed E-state index contributed by atoms with van der Waals surface area (Å²) in [6, 6.07) is 26.6. The first-order chi connectivity index (χ1) is 12.8. The Morgan fingerprint density at radius 1 is 0.731 bits per heavy atom. The molecule has 26 heavy (non-hydrogen) atoms. The molecule has 0 radical (unpaired) electrons. The van der Waals surface area contributed by atoms with Crippen LogP contribution in [0.4, 0.5) is 0 Å². The number of aromatic amines is 1. The number of pyridine rings is 1. The van der Waals surface area contributed by atoms with E-state index in [4.69, 9.17) is 9.97 Å². The van der Waals surface area contributed by atoms with Crippen LogP contribution in [-0.4, -0.2) is 15.0 Å². The Balaban J connectivity index is 1.80. The van der Waals surface area contributed by atoms with Crippen molar-refractivity contribution in [2.75, 3.05) is 0 Å². The van der Waals surface area contributed by atoms with Gasteiger partial charge in [-0.15, -0.1) is 0 Å². The van der Waals surface area contributed by atoms with Gasteiger partial charge in [0.25, 0.3) is 0 Å². The zero-order valence-electron chi connectivity index (χ0n) is 13.8. The van der Waals surface area contributed by atoms with Gasteiger partial charge in [-0.3, -0.25) is 0 Å². The highest BCUT2D eigenvalue weighted by atomic mass is 79.9. The third-order valence-electron chi connectivity index (χ3n) is 4.48. The number of nitrogens with zero attached hydrogens (tertiary/aromatic N) is 2. The van der Waals surface area contributed by atoms with Crippen molar-refractivity contribution in [2.45, 2.75) is 0 Å². The van der Waals surface area contributed by atoms with Crippen LogP contribution in [0.1, 0.15) is 0 Å². The second-order valence-electron chi connectivity index (χ2n) is 6.19. The molecular formula is C22H14BrN3. The highest BCUT2D eigenvalue weighted by Crippen LogP contribution is 2.32. The minimum absolute atomic E-state index is 0.862. The van der Waals surface area contributed by atoms with Crippen LogP contribution in [0.2, 0.25) is 0 Å². The van der Waals surface area contributed by atoms with E-state index in [0.717, 1.165) is 49.1 Å². The van der Waals surface area contributed by atoms with E-state index < -0.39 is 0 Å². The Labute approximate surface area is 158 Å². The van der Waals surface area contributed by atoms with Gasteiger partial charge < -0.3 is 4.98 Å². The molecule has 2 aromatic heterocycles. The van der Waals surface area contributed by atoms with Gasteiger partial charge in [-0.25, -0.2) is 9.97 Å². The molecule has 0 spiro atoms. The molecule has 124 valence electrons. The first-order valence-corrected chi connectivity index (χ1v) is 9.18. The number of hydrogen-bond donors (Lipinski definition) is 1. The molecule has 0 atom stereocenters. The second-order valence-corrected chi connectivity index (χ2v) is 7.10. The summed E-state index contributed by atoms with van der Waals surface area (Å²) in [7, 11) is 0. The number of fused-ring (bicyclic) bond motifs is 2. The lowest BCUT2D eigenvalue weighted by Gasteiger charge is -2.08. The summed E-state index contributed by atoms with van der Waals surface area (Å²) >= 11 is 3.55. The van der Waals surface area contributed by atoms with Crippen LogP contribution >= 0.6 is 15.9 Å². The highest BCUT2D eigenvalue weighted by Gasteiger charge is 2.12. The Kier molecular flexibility index (Phi) is 3.57. The average Bonchev–Trinajstić information content (AvgIpc) is 3.11. The van der Waals surface area contributed by atoms with Crippen LogP contribution in [-0.2, 0) is 0 Å². The standard InChI is InChI=1S/C22H14BrN3/c23-15-7-5-6-14(12-15)21-13-17(16-8-1-2-9-18(16)24-21)22-25-19-10-3-4-11-20(19)26-22/h1-13H,(H,25,26). The van der Waals surface area contributed by atoms with Crippen molar-refractivity contribution in [2.24, 2.45) is 0 Å². The van der Waals surface area contributed by atoms with E-state index in [1.165, 1.54) is 0 Å². The fourth-order valence-corrected chi connectivity index (χ4v) is 3.65. The molecule has 0 aliphatic carbocycles. The van der Waals surface area contributed by atoms with Crippen LogP contribution in [0.15, 0.2) is 83.3 Å². The zero-order valence-corrected chi connectivity index (χ0v) is 15.4. The Bertz CT molecular complexity index is 1220. The first-order valence-electron chi connectivity index (χ1n) is 8.39. The molecular weight excluding hydrogens is 386 g/mol. The Hall–Kier alpha value is -2.98. The SMILES string of the molecule is Brc1cccc(-c2cc(-c3nc4ccccc4[nH]3)c3ccccc3n2)c1. The number of para-hydroxylation sites is 3. The number of hydrogen-bond acceptors (Lipinski definition) is 2. The largest absolute Gasteiger partial charge is 0.338 e. The lowest BCUT2D eigenvalue weighted by Crippen LogP contribution is -1.91. The lowest BCUT2D eigenvalue weighted by atomic mass is 10.0. The van der Waals surface area contributed by atoms with Crippen molar-refractivity contribution in [3.8, 4) is 22.6 Å². The maximum Gasteiger partial charge on any atom is 0.139 e. The Morgan fingerprint density at radius 3 is 2.38 bits per heavy atom. The highest BCUT2D eigenvalue weighted by molar-refractivity contribution is 9.10. The first kappa shape index (κ1) is 15.3. The van der Waals surface area contributed by atoms with E-state index in [-0.39, 0.29) is 0 Å². The van der Waals surface area contributed by atoms with Gasteiger partial charge >= 0.3 is 0 Å². The van der Waals surface area contributed by atoms with Crippen LogP contribution in [0, 0.1) is 0 Å². The van der Waals surface area contributed by atoms with E-state index in [2.05, 4.69) is 45.2 Å². The molecule has 0 saturated carbocycles. The molecule has 0 aliphatic heterocycles. The van der Waals surface area contributed by atoms with Crippen LogP contribution in [0.3, 0.4) is 0 Å². The zero-order chi connectivity index (χ0) is 17.5. The van der Waals surface area contributed by atoms with Gasteiger partial charge in [0.2, 0.25) is 0 Å². The Morgan fingerprint density at radius 2 is 1.54 bits per heavy atom. The summed E-state index contributed by atoms with van der Waals surface area (Å²) in [5, 5.41) is 1.09. The number of rotatable bonds is 2. The summed E-state index contributed by atoms with van der Waals surface area (Å²) < 4.78 is 1.04. The molecule has 3 aromatic carbocycles. The quantitative estimate of drug-likeness (QED) is 0.383. The predicted octanol–water partition coefficient (Wildman–Crippen LogP) is 6.21. The normalized spacial score (nSPS) is 11.3. The van der Waals surface area contributed by atoms with E-state index in [9.17, 15) is 0 Å². The van der Waals surface area contributed by atoms with Crippen molar-refractivity contribution in [1.29, 1.82) is 0 Å². The number of aromatic nitrogens is 3. The van der Waals surface area contributed by atoms with Crippen molar-refractivity contribution >= 4 is 37.9 Å². The van der Waals surface area contributed by atoms with E-state index in [0.29, 0.717) is 0 Å². The summed E-state index contributed by atoms with van der Waals surface area (Å²) in [6.07, 6.45) is 0. The van der Waals surface area contributed by atoms with Gasteiger partial charge in [0.05, 0.1) is 22.2 Å². The number of nitrogens with one attached hydrogen (secondary N) is 1. The number of H-pyrrole nitrogens is 1. The summed E-state index contributed by atoms with van der Waals surface area (Å²) in [6.45, 7) is 0. The molecule has 1 N–H and O–H groups in total. The smallest absolute Gasteiger partial charge is 0.139 e. The molecule has 5 rings (SSSR count). The minimum atomic E-state index is 0.862. The average molecular weight is 400 g/mol. The molecule has 0 unspecified atom stereocenters. The lowest BCUT2D eigenvalue weighted by molar-refractivity contribution is 1.32. The topological polar surface area (TPSA) is 41.6 Å². The van der Waals surface area contributed by atoms with Gasteiger partial charge in [-0.05, 0) is 36.4 Å². The van der Waals surface area contributed by atoms with E-state index in [1.54, 1.807) is 0 Å². The van der Waals surface area contributed by atoms with Crippen LogP contribution < -0.4 is 0 Å². The molecule has 5 aromatic rings. The fourth-order valence-electron chi connectivity index (χ4n) is 3.25. The predicted molar refractivity (Wildman–Crippen MR) is 110 cm³/mol.